The van der Waals surface area contributed by atoms with Crippen LogP contribution in [0, 0.1) is 11.8 Å². The van der Waals surface area contributed by atoms with Crippen molar-refractivity contribution in [3.8, 4) is 5.75 Å². The summed E-state index contributed by atoms with van der Waals surface area (Å²) in [7, 11) is 0. The summed E-state index contributed by atoms with van der Waals surface area (Å²) < 4.78 is 9.70. The van der Waals surface area contributed by atoms with Crippen molar-refractivity contribution in [3.63, 3.8) is 0 Å². The molecule has 1 saturated carbocycles. The quantitative estimate of drug-likeness (QED) is 0.297. The van der Waals surface area contributed by atoms with Crippen LogP contribution >= 0.6 is 23.5 Å². The highest BCUT2D eigenvalue weighted by molar-refractivity contribution is 7.98. The van der Waals surface area contributed by atoms with E-state index in [-0.39, 0.29) is 17.2 Å². The number of aliphatic hydroxyl groups is 1. The van der Waals surface area contributed by atoms with Gasteiger partial charge in [-0.25, -0.2) is 0 Å². The first-order valence-corrected chi connectivity index (χ1v) is 15.8. The maximum Gasteiger partial charge on any atom is 0.261 e. The van der Waals surface area contributed by atoms with Gasteiger partial charge in [-0.15, -0.1) is 0 Å². The van der Waals surface area contributed by atoms with Crippen molar-refractivity contribution in [3.05, 3.63) is 70.3 Å². The summed E-state index contributed by atoms with van der Waals surface area (Å²) in [6.07, 6.45) is 11.9. The van der Waals surface area contributed by atoms with Crippen LogP contribution in [-0.4, -0.2) is 42.1 Å². The fourth-order valence-electron chi connectivity index (χ4n) is 7.01. The number of anilines is 1. The number of aryl methyl sites for hydroxylation is 1. The number of hydrogen-bond donors (Lipinski definition) is 2. The van der Waals surface area contributed by atoms with Gasteiger partial charge in [0.05, 0.1) is 18.4 Å². The predicted molar refractivity (Wildman–Crippen MR) is 160 cm³/mol. The van der Waals surface area contributed by atoms with E-state index in [1.165, 1.54) is 23.1 Å². The molecular weight excluding hydrogens is 528 g/mol. The number of nitrogens with zero attached hydrogens (tertiary/aromatic N) is 1. The third-order valence-corrected chi connectivity index (χ3v) is 10.9. The molecule has 5 nitrogen and oxygen atoms in total. The van der Waals surface area contributed by atoms with Gasteiger partial charge in [0.25, 0.3) is 5.91 Å². The number of halogens is 1. The number of fused-ring (bicyclic) bond motifs is 4. The molecule has 2 bridgehead atoms. The van der Waals surface area contributed by atoms with Gasteiger partial charge in [0, 0.05) is 34.3 Å². The summed E-state index contributed by atoms with van der Waals surface area (Å²) in [5, 5.41) is 12.2. The molecule has 1 spiro atoms. The minimum atomic E-state index is -0.412. The molecule has 2 aromatic carbocycles. The lowest BCUT2D eigenvalue weighted by Crippen LogP contribution is -2.49. The van der Waals surface area contributed by atoms with E-state index in [1.54, 1.807) is 0 Å². The first-order chi connectivity index (χ1) is 19.0. The molecule has 5 atom stereocenters. The molecule has 208 valence electrons. The number of amides is 1. The molecule has 0 radical (unpaired) electrons. The van der Waals surface area contributed by atoms with Gasteiger partial charge in [-0.05, 0) is 117 Å². The van der Waals surface area contributed by atoms with Crippen LogP contribution in [-0.2, 0) is 11.8 Å². The fraction of sp³-hybridized carbons (Fsp3) is 0.531. The molecule has 2 heterocycles. The zero-order valence-electron chi connectivity index (χ0n) is 22.7. The highest BCUT2D eigenvalue weighted by Gasteiger charge is 2.44. The third-order valence-electron chi connectivity index (χ3n) is 9.43. The van der Waals surface area contributed by atoms with Gasteiger partial charge in [-0.3, -0.25) is 9.52 Å². The molecule has 1 amide bonds. The first kappa shape index (κ1) is 27.0. The number of carbonyl (C=O) groups is 1. The lowest BCUT2D eigenvalue weighted by Gasteiger charge is -2.45. The summed E-state index contributed by atoms with van der Waals surface area (Å²) in [4.78, 5) is 15.7. The molecule has 39 heavy (non-hydrogen) atoms. The Bertz CT molecular complexity index is 1250. The Balaban J connectivity index is 1.39. The van der Waals surface area contributed by atoms with Crippen molar-refractivity contribution >= 4 is 35.1 Å². The maximum absolute atomic E-state index is 13.3. The number of benzene rings is 2. The normalized spacial score (nSPS) is 31.7. The minimum Gasteiger partial charge on any atom is -0.490 e. The van der Waals surface area contributed by atoms with Gasteiger partial charge >= 0.3 is 0 Å². The highest BCUT2D eigenvalue weighted by Crippen LogP contribution is 2.46. The Hall–Kier alpha value is -2.15. The number of allylic oxidation sites excluding steroid dienone is 1. The Morgan fingerprint density at radius 1 is 1.21 bits per heavy atom. The van der Waals surface area contributed by atoms with Crippen molar-refractivity contribution in [2.24, 2.45) is 11.8 Å². The van der Waals surface area contributed by atoms with Crippen LogP contribution in [0.15, 0.2) is 48.6 Å². The molecule has 7 heteroatoms. The van der Waals surface area contributed by atoms with Crippen LogP contribution < -0.4 is 14.4 Å². The molecule has 6 rings (SSSR count). The van der Waals surface area contributed by atoms with Gasteiger partial charge in [-0.2, -0.15) is 0 Å². The Kier molecular flexibility index (Phi) is 7.89. The monoisotopic (exact) mass is 566 g/mol. The average Bonchev–Trinajstić information content (AvgIpc) is 3.07. The van der Waals surface area contributed by atoms with E-state index >= 15 is 0 Å². The Morgan fingerprint density at radius 2 is 2.10 bits per heavy atom. The van der Waals surface area contributed by atoms with E-state index in [0.29, 0.717) is 23.3 Å². The van der Waals surface area contributed by atoms with Crippen LogP contribution in [0.25, 0.3) is 0 Å². The number of carbonyl (C=O) groups excluding carboxylic acids is 1. The van der Waals surface area contributed by atoms with Crippen LogP contribution in [0.4, 0.5) is 5.69 Å². The molecule has 1 fully saturated rings. The molecular formula is C32H39ClN2O3S. The standard InChI is InChI=1S/C32H39ClN2O3S/c1-2-25-7-3-4-8-29(36)26-12-9-23(26)18-35-19-32(15-5-6-21-16-24(33)11-13-27(21)32)20-38-30-14-10-22(17-28(30)35)31(37)34-39-25/h4,8,10-11,13-14,16-17,23,25-26,29,36H,2-3,5-7,9,12,15,18-20H2,1H3,(H,34,37)/b8-4-/t23-,25+,26+,29-,32-/m0/s1. The SMILES string of the molecule is CC[C@@H]1CC/C=C\[C@H](O)[C@@H]2CC[C@H]2CN2C[C@@]3(CCCc4cc(Cl)ccc43)COc3ccc(cc32)C(=O)NS1. The van der Waals surface area contributed by atoms with Crippen molar-refractivity contribution in [2.75, 3.05) is 24.6 Å². The van der Waals surface area contributed by atoms with E-state index in [2.05, 4.69) is 34.8 Å². The topological polar surface area (TPSA) is 61.8 Å². The van der Waals surface area contributed by atoms with Gasteiger partial charge in [0.15, 0.2) is 0 Å². The van der Waals surface area contributed by atoms with Gasteiger partial charge in [-0.1, -0.05) is 36.7 Å². The van der Waals surface area contributed by atoms with Crippen molar-refractivity contribution in [1.82, 2.24) is 4.72 Å². The number of aliphatic hydroxyl groups excluding tert-OH is 1. The smallest absolute Gasteiger partial charge is 0.261 e. The summed E-state index contributed by atoms with van der Waals surface area (Å²) in [6.45, 7) is 4.42. The third kappa shape index (κ3) is 5.45. The van der Waals surface area contributed by atoms with Gasteiger partial charge in [0.1, 0.15) is 5.75 Å². The zero-order chi connectivity index (χ0) is 27.0. The molecule has 2 aliphatic carbocycles. The van der Waals surface area contributed by atoms with Gasteiger partial charge in [0.2, 0.25) is 0 Å². The summed E-state index contributed by atoms with van der Waals surface area (Å²) in [5.74, 6) is 1.43. The summed E-state index contributed by atoms with van der Waals surface area (Å²) in [6, 6.07) is 12.2. The number of rotatable bonds is 1. The number of nitrogens with one attached hydrogen (secondary N) is 1. The van der Waals surface area contributed by atoms with E-state index in [9.17, 15) is 9.90 Å². The molecule has 0 aromatic heterocycles. The number of hydrogen-bond acceptors (Lipinski definition) is 5. The lowest BCUT2D eigenvalue weighted by atomic mass is 9.68. The van der Waals surface area contributed by atoms with E-state index < -0.39 is 6.10 Å². The molecule has 0 saturated heterocycles. The second kappa shape index (κ2) is 11.4. The van der Waals surface area contributed by atoms with Crippen LogP contribution in [0.2, 0.25) is 5.02 Å². The Labute approximate surface area is 241 Å². The van der Waals surface area contributed by atoms with Crippen LogP contribution in [0.3, 0.4) is 0 Å². The average molecular weight is 567 g/mol. The molecule has 2 N–H and O–H groups in total. The van der Waals surface area contributed by atoms with Crippen molar-refractivity contribution < 1.29 is 14.6 Å². The van der Waals surface area contributed by atoms with Crippen molar-refractivity contribution in [2.45, 2.75) is 75.1 Å². The van der Waals surface area contributed by atoms with E-state index in [4.69, 9.17) is 16.3 Å². The van der Waals surface area contributed by atoms with Crippen molar-refractivity contribution in [1.29, 1.82) is 0 Å². The molecule has 4 aliphatic rings. The minimum absolute atomic E-state index is 0.0580. The fourth-order valence-corrected chi connectivity index (χ4v) is 8.02. The summed E-state index contributed by atoms with van der Waals surface area (Å²) in [5.41, 5.74) is 4.16. The molecule has 2 aromatic rings. The zero-order valence-corrected chi connectivity index (χ0v) is 24.3. The summed E-state index contributed by atoms with van der Waals surface area (Å²) >= 11 is 7.92. The maximum atomic E-state index is 13.3. The first-order valence-electron chi connectivity index (χ1n) is 14.6. The van der Waals surface area contributed by atoms with E-state index in [0.717, 1.165) is 80.9 Å². The molecule has 0 unspecified atom stereocenters. The predicted octanol–water partition coefficient (Wildman–Crippen LogP) is 6.71. The number of ether oxygens (including phenoxy) is 1. The highest BCUT2D eigenvalue weighted by atomic mass is 35.5. The molecule has 2 aliphatic heterocycles. The van der Waals surface area contributed by atoms with Gasteiger partial charge < -0.3 is 14.7 Å². The van der Waals surface area contributed by atoms with Crippen LogP contribution in [0.5, 0.6) is 5.75 Å². The second-order valence-electron chi connectivity index (χ2n) is 11.9. The Morgan fingerprint density at radius 3 is 2.92 bits per heavy atom. The van der Waals surface area contributed by atoms with E-state index in [1.807, 2.05) is 30.3 Å². The lowest BCUT2D eigenvalue weighted by molar-refractivity contribution is 0.0456. The second-order valence-corrected chi connectivity index (χ2v) is 13.4. The van der Waals surface area contributed by atoms with Crippen LogP contribution in [0.1, 0.15) is 73.4 Å². The largest absolute Gasteiger partial charge is 0.490 e.